The summed E-state index contributed by atoms with van der Waals surface area (Å²) in [7, 11) is 4.08. The molecule has 5 heteroatoms. The van der Waals surface area contributed by atoms with Crippen molar-refractivity contribution >= 4 is 26.8 Å². The lowest BCUT2D eigenvalue weighted by molar-refractivity contribution is 0.348. The number of halogens is 1. The second-order valence-electron chi connectivity index (χ2n) is 8.19. The molecule has 1 heterocycles. The number of pyridine rings is 1. The summed E-state index contributed by atoms with van der Waals surface area (Å²) in [5.41, 5.74) is 10.5. The van der Waals surface area contributed by atoms with E-state index in [4.69, 9.17) is 5.73 Å². The molecule has 0 radical (unpaired) electrons. The van der Waals surface area contributed by atoms with Crippen LogP contribution in [0.5, 0.6) is 0 Å². The maximum Gasteiger partial charge on any atom is 0.256 e. The molecule has 3 N–H and O–H groups in total. The van der Waals surface area contributed by atoms with E-state index < -0.39 is 5.54 Å². The number of H-pyrrole nitrogens is 1. The van der Waals surface area contributed by atoms with Crippen LogP contribution in [0.2, 0.25) is 0 Å². The van der Waals surface area contributed by atoms with Crippen molar-refractivity contribution in [3.8, 4) is 11.1 Å². The maximum atomic E-state index is 13.1. The van der Waals surface area contributed by atoms with Crippen LogP contribution in [0.3, 0.4) is 0 Å². The highest BCUT2D eigenvalue weighted by atomic mass is 79.9. The van der Waals surface area contributed by atoms with Gasteiger partial charge in [0, 0.05) is 21.0 Å². The first-order chi connectivity index (χ1) is 14.9. The Balaban J connectivity index is 1.97. The van der Waals surface area contributed by atoms with Crippen molar-refractivity contribution in [3.05, 3.63) is 105 Å². The molecular weight excluding hydrogens is 450 g/mol. The minimum Gasteiger partial charge on any atom is -0.321 e. The lowest BCUT2D eigenvalue weighted by atomic mass is 9.79. The molecule has 0 bridgehead atoms. The van der Waals surface area contributed by atoms with Crippen molar-refractivity contribution < 1.29 is 0 Å². The Morgan fingerprint density at radius 3 is 2.26 bits per heavy atom. The minimum atomic E-state index is -0.759. The third-order valence-corrected chi connectivity index (χ3v) is 6.18. The third-order valence-electron chi connectivity index (χ3n) is 5.72. The lowest BCUT2D eigenvalue weighted by Crippen LogP contribution is -2.41. The van der Waals surface area contributed by atoms with E-state index in [0.717, 1.165) is 38.6 Å². The van der Waals surface area contributed by atoms with Crippen molar-refractivity contribution in [2.45, 2.75) is 12.0 Å². The van der Waals surface area contributed by atoms with Crippen molar-refractivity contribution in [1.29, 1.82) is 0 Å². The van der Waals surface area contributed by atoms with E-state index in [0.29, 0.717) is 12.0 Å². The standard InChI is InChI=1S/C26H26BrN3O/c1-30(2)14-13-26(28,20-11-7-4-8-12-20)23-17-21(27)15-19-16-22(25(31)29-24(19)23)18-9-5-3-6-10-18/h3-12,15-17H,13-14,28H2,1-2H3,(H,29,31). The average Bonchev–Trinajstić information content (AvgIpc) is 2.78. The number of benzene rings is 3. The van der Waals surface area contributed by atoms with Gasteiger partial charge in [-0.1, -0.05) is 76.6 Å². The molecule has 0 spiro atoms. The Bertz CT molecular complexity index is 1250. The Morgan fingerprint density at radius 2 is 1.61 bits per heavy atom. The number of fused-ring (bicyclic) bond motifs is 1. The highest BCUT2D eigenvalue weighted by molar-refractivity contribution is 9.10. The second kappa shape index (κ2) is 8.79. The van der Waals surface area contributed by atoms with Crippen LogP contribution in [0.1, 0.15) is 17.5 Å². The summed E-state index contributed by atoms with van der Waals surface area (Å²) in [5, 5.41) is 0.943. The number of hydrogen-bond acceptors (Lipinski definition) is 3. The molecule has 31 heavy (non-hydrogen) atoms. The van der Waals surface area contributed by atoms with E-state index >= 15 is 0 Å². The fraction of sp³-hybridized carbons (Fsp3) is 0.192. The molecule has 0 fully saturated rings. The van der Waals surface area contributed by atoms with E-state index in [1.165, 1.54) is 0 Å². The number of rotatable bonds is 6. The molecule has 1 aromatic heterocycles. The van der Waals surface area contributed by atoms with Crippen LogP contribution in [0.4, 0.5) is 0 Å². The van der Waals surface area contributed by atoms with E-state index in [9.17, 15) is 4.79 Å². The van der Waals surface area contributed by atoms with Crippen molar-refractivity contribution in [1.82, 2.24) is 9.88 Å². The molecule has 0 aliphatic heterocycles. The van der Waals surface area contributed by atoms with Crippen LogP contribution in [0.15, 0.2) is 88.1 Å². The molecular formula is C26H26BrN3O. The molecule has 4 aromatic rings. The summed E-state index contributed by atoms with van der Waals surface area (Å²) in [6.07, 6.45) is 0.706. The van der Waals surface area contributed by atoms with Gasteiger partial charge in [0.1, 0.15) is 0 Å². The zero-order chi connectivity index (χ0) is 22.0. The molecule has 3 aromatic carbocycles. The molecule has 0 saturated heterocycles. The van der Waals surface area contributed by atoms with Gasteiger partial charge in [-0.25, -0.2) is 0 Å². The molecule has 0 aliphatic rings. The predicted octanol–water partition coefficient (Wildman–Crippen LogP) is 5.11. The minimum absolute atomic E-state index is 0.120. The van der Waals surface area contributed by atoms with Crippen LogP contribution in [0.25, 0.3) is 22.0 Å². The summed E-state index contributed by atoms with van der Waals surface area (Å²) in [4.78, 5) is 18.4. The van der Waals surface area contributed by atoms with Crippen molar-refractivity contribution in [2.75, 3.05) is 20.6 Å². The Morgan fingerprint density at radius 1 is 0.968 bits per heavy atom. The number of hydrogen-bond donors (Lipinski definition) is 2. The van der Waals surface area contributed by atoms with Crippen LogP contribution >= 0.6 is 15.9 Å². The van der Waals surface area contributed by atoms with E-state index in [1.54, 1.807) is 0 Å². The molecule has 4 nitrogen and oxygen atoms in total. The maximum absolute atomic E-state index is 13.1. The first-order valence-electron chi connectivity index (χ1n) is 10.3. The Hall–Kier alpha value is -2.73. The fourth-order valence-electron chi connectivity index (χ4n) is 4.04. The van der Waals surface area contributed by atoms with Gasteiger partial charge in [-0.3, -0.25) is 4.79 Å². The number of nitrogens with zero attached hydrogens (tertiary/aromatic N) is 1. The van der Waals surface area contributed by atoms with E-state index in [2.05, 4.69) is 37.9 Å². The summed E-state index contributed by atoms with van der Waals surface area (Å²) in [6.45, 7) is 0.811. The Kier molecular flexibility index (Phi) is 6.10. The first kappa shape index (κ1) is 21.5. The van der Waals surface area contributed by atoms with Gasteiger partial charge in [0.25, 0.3) is 5.56 Å². The van der Waals surface area contributed by atoms with Gasteiger partial charge in [-0.2, -0.15) is 0 Å². The van der Waals surface area contributed by atoms with E-state index in [1.807, 2.05) is 80.8 Å². The zero-order valence-electron chi connectivity index (χ0n) is 17.7. The normalized spacial score (nSPS) is 13.5. The van der Waals surface area contributed by atoms with Gasteiger partial charge < -0.3 is 15.6 Å². The van der Waals surface area contributed by atoms with Gasteiger partial charge in [0.05, 0.1) is 11.1 Å². The highest BCUT2D eigenvalue weighted by Gasteiger charge is 2.32. The summed E-state index contributed by atoms with van der Waals surface area (Å²) < 4.78 is 0.927. The smallest absolute Gasteiger partial charge is 0.256 e. The van der Waals surface area contributed by atoms with Gasteiger partial charge in [-0.15, -0.1) is 0 Å². The largest absolute Gasteiger partial charge is 0.321 e. The monoisotopic (exact) mass is 475 g/mol. The van der Waals surface area contributed by atoms with Crippen molar-refractivity contribution in [3.63, 3.8) is 0 Å². The molecule has 158 valence electrons. The van der Waals surface area contributed by atoms with Crippen LogP contribution < -0.4 is 11.3 Å². The van der Waals surface area contributed by atoms with Gasteiger partial charge in [-0.05, 0) is 56.4 Å². The molecule has 1 atom stereocenters. The van der Waals surface area contributed by atoms with Crippen LogP contribution in [-0.4, -0.2) is 30.5 Å². The van der Waals surface area contributed by atoms with Crippen LogP contribution in [-0.2, 0) is 5.54 Å². The average molecular weight is 476 g/mol. The van der Waals surface area contributed by atoms with Gasteiger partial charge >= 0.3 is 0 Å². The second-order valence-corrected chi connectivity index (χ2v) is 9.10. The first-order valence-corrected chi connectivity index (χ1v) is 11.1. The SMILES string of the molecule is CN(C)CCC(N)(c1ccccc1)c1cc(Br)cc2cc(-c3ccccc3)c(=O)[nH]c12. The fourth-order valence-corrected chi connectivity index (χ4v) is 4.51. The Labute approximate surface area is 190 Å². The highest BCUT2D eigenvalue weighted by Crippen LogP contribution is 2.37. The van der Waals surface area contributed by atoms with Crippen LogP contribution in [0, 0.1) is 0 Å². The lowest BCUT2D eigenvalue weighted by Gasteiger charge is -2.33. The third kappa shape index (κ3) is 4.35. The number of aromatic amines is 1. The number of nitrogens with two attached hydrogens (primary N) is 1. The molecule has 0 amide bonds. The number of aromatic nitrogens is 1. The number of nitrogens with one attached hydrogen (secondary N) is 1. The zero-order valence-corrected chi connectivity index (χ0v) is 19.3. The summed E-state index contributed by atoms with van der Waals surface area (Å²) in [6, 6.07) is 25.8. The van der Waals surface area contributed by atoms with Gasteiger partial charge in [0.15, 0.2) is 0 Å². The molecule has 4 rings (SSSR count). The van der Waals surface area contributed by atoms with Gasteiger partial charge in [0.2, 0.25) is 0 Å². The molecule has 1 unspecified atom stereocenters. The quantitative estimate of drug-likeness (QED) is 0.407. The summed E-state index contributed by atoms with van der Waals surface area (Å²) in [5.74, 6) is 0. The molecule has 0 saturated carbocycles. The topological polar surface area (TPSA) is 62.1 Å². The predicted molar refractivity (Wildman–Crippen MR) is 132 cm³/mol. The van der Waals surface area contributed by atoms with Crippen molar-refractivity contribution in [2.24, 2.45) is 5.73 Å². The molecule has 0 aliphatic carbocycles. The summed E-state index contributed by atoms with van der Waals surface area (Å²) >= 11 is 3.67. The van der Waals surface area contributed by atoms with E-state index in [-0.39, 0.29) is 5.56 Å².